The lowest BCUT2D eigenvalue weighted by Gasteiger charge is -2.24. The number of hydrogen-bond donors (Lipinski definition) is 2. The highest BCUT2D eigenvalue weighted by Gasteiger charge is 2.40. The average Bonchev–Trinajstić information content (AvgIpc) is 3.69. The molecular formula is C38H42ClF2N7O3. The van der Waals surface area contributed by atoms with Crippen molar-refractivity contribution in [1.29, 1.82) is 0 Å². The Hall–Kier alpha value is -4.71. The fourth-order valence-corrected chi connectivity index (χ4v) is 6.97. The van der Waals surface area contributed by atoms with E-state index in [0.29, 0.717) is 22.4 Å². The highest BCUT2D eigenvalue weighted by molar-refractivity contribution is 6.31. The number of anilines is 1. The van der Waals surface area contributed by atoms with Crippen molar-refractivity contribution in [2.75, 3.05) is 18.4 Å². The molecule has 8 bridgehead atoms. The molecule has 1 fully saturated rings. The van der Waals surface area contributed by atoms with Crippen LogP contribution in [0.3, 0.4) is 0 Å². The Labute approximate surface area is 300 Å². The molecule has 268 valence electrons. The van der Waals surface area contributed by atoms with E-state index < -0.39 is 29.8 Å². The Balaban J connectivity index is 1.25. The van der Waals surface area contributed by atoms with Gasteiger partial charge in [0, 0.05) is 55.3 Å². The van der Waals surface area contributed by atoms with E-state index in [1.807, 2.05) is 24.3 Å². The third kappa shape index (κ3) is 8.79. The first-order chi connectivity index (χ1) is 24.7. The number of carbonyl (C=O) groups is 3. The summed E-state index contributed by atoms with van der Waals surface area (Å²) in [4.78, 5) is 49.8. The van der Waals surface area contributed by atoms with Gasteiger partial charge in [-0.15, -0.1) is 0 Å². The quantitative estimate of drug-likeness (QED) is 0.198. The van der Waals surface area contributed by atoms with Crippen LogP contribution in [0.2, 0.25) is 5.02 Å². The molecule has 2 N–H and O–H groups in total. The van der Waals surface area contributed by atoms with Crippen LogP contribution < -0.4 is 10.6 Å². The number of amides is 2. The fraction of sp³-hybridized carbons (Fsp3) is 0.421. The summed E-state index contributed by atoms with van der Waals surface area (Å²) in [5.41, 5.74) is 3.14. The second kappa shape index (κ2) is 16.5. The molecule has 13 heteroatoms. The van der Waals surface area contributed by atoms with Gasteiger partial charge in [0.2, 0.25) is 17.8 Å². The summed E-state index contributed by atoms with van der Waals surface area (Å²) in [5.74, 6) is -1.52. The molecule has 0 saturated carbocycles. The number of allylic oxidation sites excluding steroid dienone is 1. The van der Waals surface area contributed by atoms with Gasteiger partial charge in [-0.2, -0.15) is 5.10 Å². The summed E-state index contributed by atoms with van der Waals surface area (Å²) >= 11 is 6.20. The van der Waals surface area contributed by atoms with Crippen LogP contribution in [0.4, 0.5) is 14.7 Å². The maximum atomic E-state index is 15.0. The third-order valence-electron chi connectivity index (χ3n) is 9.45. The van der Waals surface area contributed by atoms with Crippen LogP contribution in [0.1, 0.15) is 86.3 Å². The van der Waals surface area contributed by atoms with Crippen LogP contribution >= 0.6 is 11.6 Å². The van der Waals surface area contributed by atoms with Crippen molar-refractivity contribution in [3.63, 3.8) is 0 Å². The number of ketones is 1. The van der Waals surface area contributed by atoms with E-state index in [-0.39, 0.29) is 48.1 Å². The molecule has 2 amide bonds. The van der Waals surface area contributed by atoms with Crippen molar-refractivity contribution in [1.82, 2.24) is 30.0 Å². The minimum atomic E-state index is -1.42. The van der Waals surface area contributed by atoms with Gasteiger partial charge >= 0.3 is 0 Å². The maximum Gasteiger partial charge on any atom is 0.245 e. The molecule has 51 heavy (non-hydrogen) atoms. The Bertz CT molecular complexity index is 1930. The smallest absolute Gasteiger partial charge is 0.245 e. The largest absolute Gasteiger partial charge is 0.354 e. The molecule has 10 nitrogen and oxygen atoms in total. The fourth-order valence-electron chi connectivity index (χ4n) is 6.72. The summed E-state index contributed by atoms with van der Waals surface area (Å²) in [6, 6.07) is 7.48. The predicted octanol–water partition coefficient (Wildman–Crippen LogP) is 7.30. The second-order valence-electron chi connectivity index (χ2n) is 13.3. The van der Waals surface area contributed by atoms with Gasteiger partial charge in [0.1, 0.15) is 30.3 Å². The number of fused-ring (bicyclic) bond motifs is 1. The average molecular weight is 718 g/mol. The Morgan fingerprint density at radius 3 is 2.47 bits per heavy atom. The first-order valence-electron chi connectivity index (χ1n) is 17.6. The van der Waals surface area contributed by atoms with E-state index >= 15 is 0 Å². The molecule has 0 spiro atoms. The zero-order valence-electron chi connectivity index (χ0n) is 28.6. The second-order valence-corrected chi connectivity index (χ2v) is 13.7. The van der Waals surface area contributed by atoms with Gasteiger partial charge in [-0.25, -0.2) is 18.7 Å². The maximum absolute atomic E-state index is 15.0. The Kier molecular flexibility index (Phi) is 11.7. The number of nitrogens with one attached hydrogen (secondary N) is 2. The normalized spacial score (nSPS) is 20.5. The molecule has 0 radical (unpaired) electrons. The van der Waals surface area contributed by atoms with Crippen molar-refractivity contribution in [3.8, 4) is 11.1 Å². The summed E-state index contributed by atoms with van der Waals surface area (Å²) < 4.78 is 31.1. The topological polar surface area (TPSA) is 122 Å². The van der Waals surface area contributed by atoms with Gasteiger partial charge in [-0.05, 0) is 54.7 Å². The monoisotopic (exact) mass is 717 g/mol. The lowest BCUT2D eigenvalue weighted by atomic mass is 10.0. The highest BCUT2D eigenvalue weighted by atomic mass is 35.5. The van der Waals surface area contributed by atoms with Gasteiger partial charge in [0.15, 0.2) is 5.78 Å². The van der Waals surface area contributed by atoms with Crippen molar-refractivity contribution >= 4 is 52.1 Å². The third-order valence-corrected chi connectivity index (χ3v) is 9.72. The van der Waals surface area contributed by atoms with Crippen LogP contribution in [-0.2, 0) is 22.7 Å². The van der Waals surface area contributed by atoms with Gasteiger partial charge < -0.3 is 15.5 Å². The molecule has 0 aliphatic carbocycles. The van der Waals surface area contributed by atoms with E-state index in [2.05, 4.69) is 25.7 Å². The Morgan fingerprint density at radius 1 is 0.961 bits per heavy atom. The number of benzene rings is 2. The number of rotatable bonds is 1. The zero-order valence-corrected chi connectivity index (χ0v) is 29.4. The van der Waals surface area contributed by atoms with Gasteiger partial charge in [-0.3, -0.25) is 19.1 Å². The molecule has 1 saturated heterocycles. The molecule has 4 aliphatic rings. The lowest BCUT2D eigenvalue weighted by molar-refractivity contribution is -0.139. The highest BCUT2D eigenvalue weighted by Crippen LogP contribution is 2.28. The molecule has 0 unspecified atom stereocenters. The number of Topliss-reactive ketones (excluding diaryl/α,β-unsaturated/α-hetero) is 1. The van der Waals surface area contributed by atoms with Gasteiger partial charge in [0.05, 0.1) is 17.1 Å². The van der Waals surface area contributed by atoms with Crippen LogP contribution in [-0.4, -0.2) is 67.5 Å². The van der Waals surface area contributed by atoms with Crippen molar-refractivity contribution in [3.05, 3.63) is 76.5 Å². The molecule has 8 rings (SSSR count). The standard InChI is InChI=1S/C38H42ClF2N7O3/c1-24(49)36-30-17-26-12-13-32(30)48(46-36)23-34(50)47-22-29(40)18-33(47)37(51)43-19-27-15-25(16-31(39)35(27)41)11-9-7-5-3-2-4-6-8-10-14-42-38-44-20-28(26)21-45-38/h9,11-13,15-17,20-21,29,33H,2-8,10,14,18-19,22-23H2,1H3,(H,43,51)(H,42,44,45)/b11-9-/t29-,33+/m1/s1. The molecule has 6 heterocycles. The zero-order chi connectivity index (χ0) is 35.9. The summed E-state index contributed by atoms with van der Waals surface area (Å²) in [5, 5.41) is 10.9. The number of carbonyl (C=O) groups excluding carboxylic acids is 3. The number of halogens is 3. The minimum Gasteiger partial charge on any atom is -0.354 e. The van der Waals surface area contributed by atoms with Crippen molar-refractivity contribution < 1.29 is 23.2 Å². The van der Waals surface area contributed by atoms with E-state index in [9.17, 15) is 23.2 Å². The summed E-state index contributed by atoms with van der Waals surface area (Å²) in [6.07, 6.45) is 14.4. The first-order valence-corrected chi connectivity index (χ1v) is 18.0. The Morgan fingerprint density at radius 2 is 1.71 bits per heavy atom. The van der Waals surface area contributed by atoms with E-state index in [1.165, 1.54) is 22.9 Å². The van der Waals surface area contributed by atoms with Gasteiger partial charge in [-0.1, -0.05) is 61.9 Å². The molecule has 4 aliphatic heterocycles. The van der Waals surface area contributed by atoms with Crippen molar-refractivity contribution in [2.24, 2.45) is 0 Å². The SMILES string of the molecule is CC(=O)c1nn2c3ccc(cc13)-c1cnc(nc1)NCCCCCCCCC/C=C\c1cc(Cl)c(F)c(c1)CNC(=O)[C@@H]1C[C@@H](F)CN1C(=O)C2. The van der Waals surface area contributed by atoms with Crippen LogP contribution in [0, 0.1) is 5.82 Å². The van der Waals surface area contributed by atoms with Gasteiger partial charge in [0.25, 0.3) is 0 Å². The number of hydrogen-bond acceptors (Lipinski definition) is 7. The molecule has 2 atom stereocenters. The predicted molar refractivity (Wildman–Crippen MR) is 193 cm³/mol. The number of aromatic nitrogens is 4. The van der Waals surface area contributed by atoms with E-state index in [0.717, 1.165) is 62.6 Å². The number of nitrogens with zero attached hydrogens (tertiary/aromatic N) is 5. The minimum absolute atomic E-state index is 0.0620. The molecule has 4 aromatic rings. The summed E-state index contributed by atoms with van der Waals surface area (Å²) in [6.45, 7) is 1.40. The van der Waals surface area contributed by atoms with Crippen molar-refractivity contribution in [2.45, 2.75) is 90.0 Å². The summed E-state index contributed by atoms with van der Waals surface area (Å²) in [7, 11) is 0. The first kappa shape index (κ1) is 36.1. The van der Waals surface area contributed by atoms with E-state index in [4.69, 9.17) is 11.6 Å². The van der Waals surface area contributed by atoms with E-state index in [1.54, 1.807) is 30.6 Å². The number of alkyl halides is 1. The molecule has 2 aromatic heterocycles. The van der Waals surface area contributed by atoms with Crippen LogP contribution in [0.5, 0.6) is 0 Å². The lowest BCUT2D eigenvalue weighted by Crippen LogP contribution is -2.46. The molecule has 2 aromatic carbocycles. The molecular weight excluding hydrogens is 676 g/mol. The van der Waals surface area contributed by atoms with Crippen LogP contribution in [0.25, 0.3) is 28.1 Å². The van der Waals surface area contributed by atoms with Crippen LogP contribution in [0.15, 0.2) is 48.8 Å².